The molecule has 0 saturated carbocycles. The summed E-state index contributed by atoms with van der Waals surface area (Å²) in [6.07, 6.45) is 2.01. The number of aromatic amines is 1. The first-order chi connectivity index (χ1) is 6.27. The van der Waals surface area contributed by atoms with E-state index < -0.39 is 0 Å². The quantitative estimate of drug-likeness (QED) is 0.776. The number of halogens is 1. The molecule has 0 aliphatic heterocycles. The van der Waals surface area contributed by atoms with E-state index in [0.717, 1.165) is 10.2 Å². The van der Waals surface area contributed by atoms with Gasteiger partial charge in [-0.2, -0.15) is 0 Å². The van der Waals surface area contributed by atoms with Crippen LogP contribution in [-0.2, 0) is 0 Å². The van der Waals surface area contributed by atoms with Gasteiger partial charge in [0.1, 0.15) is 0 Å². The molecule has 0 atom stereocenters. The molecule has 2 aromatic rings. The zero-order valence-electron chi connectivity index (χ0n) is 7.34. The molecular formula is C11H10BrN. The van der Waals surface area contributed by atoms with Crippen LogP contribution in [0.4, 0.5) is 0 Å². The summed E-state index contributed by atoms with van der Waals surface area (Å²) in [5.41, 5.74) is 3.62. The molecule has 13 heavy (non-hydrogen) atoms. The molecule has 1 aromatic carbocycles. The van der Waals surface area contributed by atoms with Gasteiger partial charge < -0.3 is 4.98 Å². The van der Waals surface area contributed by atoms with Gasteiger partial charge in [0.2, 0.25) is 0 Å². The van der Waals surface area contributed by atoms with E-state index >= 15 is 0 Å². The van der Waals surface area contributed by atoms with Gasteiger partial charge in [0.05, 0.1) is 0 Å². The minimum Gasteiger partial charge on any atom is -0.361 e. The number of H-pyrrole nitrogens is 1. The summed E-state index contributed by atoms with van der Waals surface area (Å²) in [4.78, 5) is 3.23. The summed E-state index contributed by atoms with van der Waals surface area (Å²) in [6.45, 7) is 2.08. The fourth-order valence-electron chi connectivity index (χ4n) is 1.34. The highest BCUT2D eigenvalue weighted by Crippen LogP contribution is 2.26. The number of benzene rings is 1. The predicted octanol–water partition coefficient (Wildman–Crippen LogP) is 3.75. The van der Waals surface area contributed by atoms with Crippen LogP contribution < -0.4 is 0 Å². The summed E-state index contributed by atoms with van der Waals surface area (Å²) in [7, 11) is 0. The van der Waals surface area contributed by atoms with Crippen molar-refractivity contribution in [1.82, 2.24) is 4.98 Å². The molecule has 0 spiro atoms. The minimum atomic E-state index is 1.12. The highest BCUT2D eigenvalue weighted by molar-refractivity contribution is 9.10. The Hall–Kier alpha value is -1.02. The van der Waals surface area contributed by atoms with E-state index in [1.54, 1.807) is 0 Å². The van der Waals surface area contributed by atoms with E-state index in [2.05, 4.69) is 40.0 Å². The van der Waals surface area contributed by atoms with Gasteiger partial charge in [0.25, 0.3) is 0 Å². The lowest BCUT2D eigenvalue weighted by molar-refractivity contribution is 1.38. The van der Waals surface area contributed by atoms with Crippen LogP contribution in [0.5, 0.6) is 0 Å². The summed E-state index contributed by atoms with van der Waals surface area (Å²) in [6, 6.07) is 10.3. The van der Waals surface area contributed by atoms with Crippen LogP contribution >= 0.6 is 15.9 Å². The number of aromatic nitrogens is 1. The van der Waals surface area contributed by atoms with Gasteiger partial charge in [0.15, 0.2) is 0 Å². The fraction of sp³-hybridized carbons (Fsp3) is 0.0909. The average molecular weight is 236 g/mol. The van der Waals surface area contributed by atoms with Crippen LogP contribution in [0, 0.1) is 6.92 Å². The Morgan fingerprint density at radius 1 is 1.23 bits per heavy atom. The monoisotopic (exact) mass is 235 g/mol. The normalized spacial score (nSPS) is 10.3. The van der Waals surface area contributed by atoms with Gasteiger partial charge in [0, 0.05) is 21.9 Å². The molecule has 0 aliphatic rings. The van der Waals surface area contributed by atoms with Crippen molar-refractivity contribution in [2.45, 2.75) is 6.92 Å². The Labute approximate surface area is 85.9 Å². The van der Waals surface area contributed by atoms with Crippen molar-refractivity contribution in [3.63, 3.8) is 0 Å². The van der Waals surface area contributed by atoms with Gasteiger partial charge in [-0.05, 0) is 24.6 Å². The smallest absolute Gasteiger partial charge is 0.0468 e. The number of aryl methyl sites for hydroxylation is 1. The lowest BCUT2D eigenvalue weighted by atomic mass is 10.1. The molecule has 0 bridgehead atoms. The number of rotatable bonds is 1. The van der Waals surface area contributed by atoms with Crippen LogP contribution in [0.3, 0.4) is 0 Å². The Morgan fingerprint density at radius 3 is 2.62 bits per heavy atom. The second-order valence-corrected chi connectivity index (χ2v) is 3.92. The van der Waals surface area contributed by atoms with Crippen molar-refractivity contribution in [3.05, 3.63) is 46.6 Å². The van der Waals surface area contributed by atoms with E-state index in [1.165, 1.54) is 11.1 Å². The molecule has 0 radical (unpaired) electrons. The van der Waals surface area contributed by atoms with Crippen molar-refractivity contribution in [1.29, 1.82) is 0 Å². The van der Waals surface area contributed by atoms with E-state index in [4.69, 9.17) is 0 Å². The first-order valence-electron chi connectivity index (χ1n) is 4.17. The number of hydrogen-bond acceptors (Lipinski definition) is 0. The number of hydrogen-bond donors (Lipinski definition) is 1. The van der Waals surface area contributed by atoms with Crippen molar-refractivity contribution in [2.24, 2.45) is 0 Å². The molecule has 1 N–H and O–H groups in total. The molecule has 1 nitrogen and oxygen atoms in total. The fourth-order valence-corrected chi connectivity index (χ4v) is 1.84. The van der Waals surface area contributed by atoms with Crippen LogP contribution in [0.25, 0.3) is 11.3 Å². The average Bonchev–Trinajstić information content (AvgIpc) is 2.53. The number of nitrogens with one attached hydrogen (secondary N) is 1. The van der Waals surface area contributed by atoms with E-state index in [1.807, 2.05) is 24.4 Å². The third kappa shape index (κ3) is 1.68. The Kier molecular flexibility index (Phi) is 2.23. The van der Waals surface area contributed by atoms with E-state index in [9.17, 15) is 0 Å². The molecule has 66 valence electrons. The largest absolute Gasteiger partial charge is 0.361 e. The third-order valence-corrected chi connectivity index (χ3v) is 2.68. The van der Waals surface area contributed by atoms with Gasteiger partial charge >= 0.3 is 0 Å². The van der Waals surface area contributed by atoms with Crippen LogP contribution in [0.1, 0.15) is 5.56 Å². The van der Waals surface area contributed by atoms with Gasteiger partial charge in [-0.3, -0.25) is 0 Å². The lowest BCUT2D eigenvalue weighted by Crippen LogP contribution is -1.77. The van der Waals surface area contributed by atoms with Crippen molar-refractivity contribution >= 4 is 15.9 Å². The van der Waals surface area contributed by atoms with Crippen molar-refractivity contribution in [3.8, 4) is 11.3 Å². The first kappa shape index (κ1) is 8.57. The van der Waals surface area contributed by atoms with E-state index in [0.29, 0.717) is 0 Å². The summed E-state index contributed by atoms with van der Waals surface area (Å²) in [5.74, 6) is 0. The standard InChI is InChI=1S/C11H10BrN/c1-8-6-11(13-7-8)9-4-2-3-5-10(9)12/h2-7,13H,1H3. The Morgan fingerprint density at radius 2 is 2.00 bits per heavy atom. The Bertz CT molecular complexity index is 418. The third-order valence-electron chi connectivity index (χ3n) is 1.99. The van der Waals surface area contributed by atoms with Crippen LogP contribution in [0.2, 0.25) is 0 Å². The molecule has 0 unspecified atom stereocenters. The molecule has 2 rings (SSSR count). The van der Waals surface area contributed by atoms with Crippen LogP contribution in [-0.4, -0.2) is 4.98 Å². The summed E-state index contributed by atoms with van der Waals surface area (Å²) in [5, 5.41) is 0. The topological polar surface area (TPSA) is 15.8 Å². The van der Waals surface area contributed by atoms with Crippen molar-refractivity contribution in [2.75, 3.05) is 0 Å². The maximum atomic E-state index is 3.52. The highest BCUT2D eigenvalue weighted by atomic mass is 79.9. The maximum Gasteiger partial charge on any atom is 0.0468 e. The second kappa shape index (κ2) is 3.38. The molecule has 0 amide bonds. The molecule has 1 aromatic heterocycles. The van der Waals surface area contributed by atoms with Crippen molar-refractivity contribution < 1.29 is 0 Å². The molecule has 0 aliphatic carbocycles. The molecule has 0 fully saturated rings. The molecule has 0 saturated heterocycles. The van der Waals surface area contributed by atoms with Gasteiger partial charge in [-0.15, -0.1) is 0 Å². The predicted molar refractivity (Wildman–Crippen MR) is 58.7 cm³/mol. The van der Waals surface area contributed by atoms with Gasteiger partial charge in [-0.25, -0.2) is 0 Å². The maximum absolute atomic E-state index is 3.52. The molecule has 2 heteroatoms. The second-order valence-electron chi connectivity index (χ2n) is 3.07. The van der Waals surface area contributed by atoms with Crippen LogP contribution in [0.15, 0.2) is 41.0 Å². The zero-order chi connectivity index (χ0) is 9.26. The Balaban J connectivity index is 2.52. The SMILES string of the molecule is Cc1c[nH]c(-c2ccccc2Br)c1. The zero-order valence-corrected chi connectivity index (χ0v) is 8.93. The minimum absolute atomic E-state index is 1.12. The lowest BCUT2D eigenvalue weighted by Gasteiger charge is -1.99. The molecule has 1 heterocycles. The first-order valence-corrected chi connectivity index (χ1v) is 4.96. The van der Waals surface area contributed by atoms with Gasteiger partial charge in [-0.1, -0.05) is 34.1 Å². The summed E-state index contributed by atoms with van der Waals surface area (Å²) < 4.78 is 1.12. The highest BCUT2D eigenvalue weighted by Gasteiger charge is 2.02. The van der Waals surface area contributed by atoms with E-state index in [-0.39, 0.29) is 0 Å². The summed E-state index contributed by atoms with van der Waals surface area (Å²) >= 11 is 3.52. The molecular weight excluding hydrogens is 226 g/mol.